The van der Waals surface area contributed by atoms with Crippen molar-refractivity contribution in [3.63, 3.8) is 0 Å². The fourth-order valence-corrected chi connectivity index (χ4v) is 4.02. The summed E-state index contributed by atoms with van der Waals surface area (Å²) in [6.07, 6.45) is 4.66. The first-order chi connectivity index (χ1) is 15.1. The number of aliphatic hydroxyl groups excluding tert-OH is 1. The van der Waals surface area contributed by atoms with Crippen molar-refractivity contribution in [2.75, 3.05) is 26.3 Å². The molecule has 1 aromatic carbocycles. The molecule has 0 radical (unpaired) electrons. The molecule has 1 N–H and O–H groups in total. The third kappa shape index (κ3) is 3.72. The van der Waals surface area contributed by atoms with E-state index in [9.17, 15) is 9.50 Å². The molecule has 0 aliphatic carbocycles. The van der Waals surface area contributed by atoms with E-state index >= 15 is 0 Å². The molecule has 31 heavy (non-hydrogen) atoms. The highest BCUT2D eigenvalue weighted by Gasteiger charge is 2.23. The zero-order chi connectivity index (χ0) is 21.4. The lowest BCUT2D eigenvalue weighted by Gasteiger charge is -2.30. The number of nitrogens with zero attached hydrogens (tertiary/aromatic N) is 4. The largest absolute Gasteiger partial charge is 0.379 e. The minimum atomic E-state index is -0.762. The summed E-state index contributed by atoms with van der Waals surface area (Å²) < 4.78 is 21.1. The summed E-state index contributed by atoms with van der Waals surface area (Å²) in [5.74, 6) is -0.234. The van der Waals surface area contributed by atoms with Crippen LogP contribution in [0.2, 0.25) is 0 Å². The van der Waals surface area contributed by atoms with Gasteiger partial charge in [0.15, 0.2) is 6.23 Å². The molecule has 4 heterocycles. The molecule has 1 atom stereocenters. The number of hydrogen-bond donors (Lipinski definition) is 1. The Morgan fingerprint density at radius 2 is 1.87 bits per heavy atom. The Balaban J connectivity index is 1.58. The Hall–Kier alpha value is -3.13. The van der Waals surface area contributed by atoms with Crippen LogP contribution in [0.5, 0.6) is 0 Å². The summed E-state index contributed by atoms with van der Waals surface area (Å²) in [6, 6.07) is 12.8. The van der Waals surface area contributed by atoms with Gasteiger partial charge in [-0.15, -0.1) is 0 Å². The summed E-state index contributed by atoms with van der Waals surface area (Å²) >= 11 is 0. The van der Waals surface area contributed by atoms with Crippen LogP contribution in [-0.4, -0.2) is 50.7 Å². The highest BCUT2D eigenvalue weighted by atomic mass is 19.1. The van der Waals surface area contributed by atoms with Gasteiger partial charge in [0.2, 0.25) is 0 Å². The molecule has 0 bridgehead atoms. The van der Waals surface area contributed by atoms with E-state index in [0.29, 0.717) is 37.6 Å². The van der Waals surface area contributed by atoms with E-state index in [1.54, 1.807) is 25.4 Å². The number of imidazole rings is 1. The molecule has 1 aliphatic heterocycles. The Bertz CT molecular complexity index is 1230. The van der Waals surface area contributed by atoms with E-state index in [-0.39, 0.29) is 5.82 Å². The number of aryl methyl sites for hydroxylation is 1. The van der Waals surface area contributed by atoms with Crippen molar-refractivity contribution >= 4 is 5.65 Å². The second kappa shape index (κ2) is 8.19. The molecule has 1 aliphatic rings. The van der Waals surface area contributed by atoms with Gasteiger partial charge >= 0.3 is 0 Å². The van der Waals surface area contributed by atoms with Gasteiger partial charge in [-0.2, -0.15) is 0 Å². The number of aliphatic hydroxyl groups is 1. The van der Waals surface area contributed by atoms with Crippen LogP contribution in [0.3, 0.4) is 0 Å². The third-order valence-corrected chi connectivity index (χ3v) is 5.74. The second-order valence-corrected chi connectivity index (χ2v) is 7.71. The van der Waals surface area contributed by atoms with Crippen molar-refractivity contribution in [2.24, 2.45) is 0 Å². The predicted octanol–water partition coefficient (Wildman–Crippen LogP) is 3.83. The summed E-state index contributed by atoms with van der Waals surface area (Å²) in [4.78, 5) is 11.0. The van der Waals surface area contributed by atoms with Crippen LogP contribution >= 0.6 is 0 Å². The highest BCUT2D eigenvalue weighted by Crippen LogP contribution is 2.32. The number of morpholine rings is 1. The summed E-state index contributed by atoms with van der Waals surface area (Å²) in [5.41, 5.74) is 5.54. The number of halogens is 1. The van der Waals surface area contributed by atoms with Crippen LogP contribution in [0.4, 0.5) is 4.39 Å². The van der Waals surface area contributed by atoms with E-state index in [1.807, 2.05) is 45.8 Å². The van der Waals surface area contributed by atoms with Gasteiger partial charge < -0.3 is 9.84 Å². The van der Waals surface area contributed by atoms with E-state index in [2.05, 4.69) is 9.97 Å². The number of pyridine rings is 2. The van der Waals surface area contributed by atoms with Crippen molar-refractivity contribution in [3.05, 3.63) is 78.1 Å². The normalized spacial score (nSPS) is 16.0. The smallest absolute Gasteiger partial charge is 0.150 e. The lowest BCUT2D eigenvalue weighted by atomic mass is 9.99. The van der Waals surface area contributed by atoms with Crippen LogP contribution < -0.4 is 0 Å². The summed E-state index contributed by atoms with van der Waals surface area (Å²) in [6.45, 7) is 4.30. The quantitative estimate of drug-likeness (QED) is 0.546. The topological polar surface area (TPSA) is 62.9 Å². The van der Waals surface area contributed by atoms with E-state index in [0.717, 1.165) is 28.0 Å². The molecule has 5 rings (SSSR count). The molecule has 158 valence electrons. The van der Waals surface area contributed by atoms with Gasteiger partial charge in [-0.1, -0.05) is 6.07 Å². The Morgan fingerprint density at radius 3 is 2.68 bits per heavy atom. The molecule has 1 fully saturated rings. The van der Waals surface area contributed by atoms with Crippen LogP contribution in [0, 0.1) is 12.7 Å². The first kappa shape index (κ1) is 19.8. The van der Waals surface area contributed by atoms with E-state index in [1.165, 1.54) is 6.07 Å². The van der Waals surface area contributed by atoms with Gasteiger partial charge in [0.25, 0.3) is 0 Å². The van der Waals surface area contributed by atoms with Crippen LogP contribution in [0.15, 0.2) is 61.1 Å². The van der Waals surface area contributed by atoms with Gasteiger partial charge in [0.05, 0.1) is 30.8 Å². The van der Waals surface area contributed by atoms with Gasteiger partial charge in [0, 0.05) is 42.2 Å². The maximum Gasteiger partial charge on any atom is 0.150 e. The zero-order valence-corrected chi connectivity index (χ0v) is 17.2. The van der Waals surface area contributed by atoms with Crippen LogP contribution in [0.1, 0.15) is 17.5 Å². The maximum absolute atomic E-state index is 13.8. The van der Waals surface area contributed by atoms with Gasteiger partial charge in [0.1, 0.15) is 11.5 Å². The van der Waals surface area contributed by atoms with E-state index in [4.69, 9.17) is 4.74 Å². The molecular formula is C24H23FN4O2. The molecule has 0 amide bonds. The molecular weight excluding hydrogens is 395 g/mol. The van der Waals surface area contributed by atoms with Crippen molar-refractivity contribution in [1.29, 1.82) is 0 Å². The minimum Gasteiger partial charge on any atom is -0.379 e. The lowest BCUT2D eigenvalue weighted by Crippen LogP contribution is -2.39. The van der Waals surface area contributed by atoms with Crippen molar-refractivity contribution in [3.8, 4) is 22.4 Å². The standard InChI is InChI=1S/C24H23FN4O2/c1-16-13-17(4-6-20(16)25)23-19(3-2-8-26-23)18-5-7-22-27-14-21(29(22)15-18)24(30)28-9-11-31-12-10-28/h2-8,13-15,24,30H,9-12H2,1H3. The SMILES string of the molecule is Cc1cc(-c2ncccc2-c2ccc3ncc(C(O)N4CCOCC4)n3c2)ccc1F. The molecule has 7 heteroatoms. The molecule has 6 nitrogen and oxygen atoms in total. The zero-order valence-electron chi connectivity index (χ0n) is 17.2. The van der Waals surface area contributed by atoms with Crippen molar-refractivity contribution in [2.45, 2.75) is 13.2 Å². The average Bonchev–Trinajstić information content (AvgIpc) is 3.24. The molecule has 0 spiro atoms. The van der Waals surface area contributed by atoms with Crippen LogP contribution in [-0.2, 0) is 4.74 Å². The number of hydrogen-bond acceptors (Lipinski definition) is 5. The Kier molecular flexibility index (Phi) is 5.23. The minimum absolute atomic E-state index is 0.234. The number of fused-ring (bicyclic) bond motifs is 1. The first-order valence-electron chi connectivity index (χ1n) is 10.3. The van der Waals surface area contributed by atoms with Gasteiger partial charge in [-0.3, -0.25) is 14.3 Å². The second-order valence-electron chi connectivity index (χ2n) is 7.71. The first-order valence-corrected chi connectivity index (χ1v) is 10.3. The van der Waals surface area contributed by atoms with Crippen molar-refractivity contribution < 1.29 is 14.2 Å². The van der Waals surface area contributed by atoms with Gasteiger partial charge in [-0.05, 0) is 48.9 Å². The Morgan fingerprint density at radius 1 is 1.06 bits per heavy atom. The summed E-state index contributed by atoms with van der Waals surface area (Å²) in [5, 5.41) is 10.9. The lowest BCUT2D eigenvalue weighted by molar-refractivity contribution is -0.0626. The van der Waals surface area contributed by atoms with E-state index < -0.39 is 6.23 Å². The average molecular weight is 418 g/mol. The predicted molar refractivity (Wildman–Crippen MR) is 116 cm³/mol. The Labute approximate surface area is 179 Å². The number of rotatable bonds is 4. The molecule has 0 saturated carbocycles. The number of ether oxygens (including phenoxy) is 1. The molecule has 4 aromatic rings. The number of benzene rings is 1. The molecule has 1 unspecified atom stereocenters. The monoisotopic (exact) mass is 418 g/mol. The van der Waals surface area contributed by atoms with Crippen molar-refractivity contribution in [1.82, 2.24) is 19.3 Å². The molecule has 1 saturated heterocycles. The fraction of sp³-hybridized carbons (Fsp3) is 0.250. The van der Waals surface area contributed by atoms with Gasteiger partial charge in [-0.25, -0.2) is 9.37 Å². The molecule has 3 aromatic heterocycles. The highest BCUT2D eigenvalue weighted by molar-refractivity contribution is 5.81. The maximum atomic E-state index is 13.8. The number of aromatic nitrogens is 3. The third-order valence-electron chi connectivity index (χ3n) is 5.74. The summed E-state index contributed by atoms with van der Waals surface area (Å²) in [7, 11) is 0. The van der Waals surface area contributed by atoms with Crippen LogP contribution in [0.25, 0.3) is 28.0 Å². The fourth-order valence-electron chi connectivity index (χ4n) is 4.02.